The van der Waals surface area contributed by atoms with Crippen LogP contribution >= 0.6 is 27.5 Å². The van der Waals surface area contributed by atoms with Crippen LogP contribution in [0.25, 0.3) is 0 Å². The molecule has 0 aliphatic rings. The number of hydrogen-bond donors (Lipinski definition) is 2. The normalized spacial score (nSPS) is 9.95. The average molecular weight is 384 g/mol. The van der Waals surface area contributed by atoms with Crippen LogP contribution in [-0.4, -0.2) is 18.9 Å². The minimum Gasteiger partial charge on any atom is -0.497 e. The van der Waals surface area contributed by atoms with Gasteiger partial charge in [-0.05, 0) is 52.3 Å². The van der Waals surface area contributed by atoms with Crippen LogP contribution in [-0.2, 0) is 0 Å². The van der Waals surface area contributed by atoms with Gasteiger partial charge in [0.25, 0.3) is 11.8 Å². The molecule has 0 radical (unpaired) electrons. The summed E-state index contributed by atoms with van der Waals surface area (Å²) in [5.41, 5.74) is 5.36. The fraction of sp³-hybridized carbons (Fsp3) is 0.0667. The highest BCUT2D eigenvalue weighted by atomic mass is 79.9. The van der Waals surface area contributed by atoms with Crippen molar-refractivity contribution < 1.29 is 14.3 Å². The molecule has 0 aliphatic carbocycles. The van der Waals surface area contributed by atoms with Crippen LogP contribution in [0, 0.1) is 0 Å². The summed E-state index contributed by atoms with van der Waals surface area (Å²) in [6.45, 7) is 0. The van der Waals surface area contributed by atoms with Gasteiger partial charge in [-0.1, -0.05) is 17.7 Å². The molecule has 0 spiro atoms. The molecule has 0 fully saturated rings. The van der Waals surface area contributed by atoms with Gasteiger partial charge in [-0.25, -0.2) is 0 Å². The molecule has 0 saturated carbocycles. The quantitative estimate of drug-likeness (QED) is 0.800. The summed E-state index contributed by atoms with van der Waals surface area (Å²) < 4.78 is 5.65. The number of amides is 2. The molecule has 2 aromatic rings. The zero-order valence-electron chi connectivity index (χ0n) is 11.5. The van der Waals surface area contributed by atoms with Crippen molar-refractivity contribution in [2.45, 2.75) is 0 Å². The fourth-order valence-corrected chi connectivity index (χ4v) is 2.31. The third-order valence-corrected chi connectivity index (χ3v) is 3.72. The van der Waals surface area contributed by atoms with E-state index in [1.807, 2.05) is 0 Å². The van der Waals surface area contributed by atoms with E-state index in [9.17, 15) is 9.59 Å². The molecule has 22 heavy (non-hydrogen) atoms. The number of halogens is 2. The Balaban J connectivity index is 2.05. The number of methoxy groups -OCH3 is 1. The lowest BCUT2D eigenvalue weighted by Crippen LogP contribution is -2.41. The molecule has 5 nitrogen and oxygen atoms in total. The first-order valence-corrected chi connectivity index (χ1v) is 7.38. The monoisotopic (exact) mass is 382 g/mol. The number of hydrogen-bond acceptors (Lipinski definition) is 3. The lowest BCUT2D eigenvalue weighted by atomic mass is 10.2. The molecule has 2 aromatic carbocycles. The lowest BCUT2D eigenvalue weighted by molar-refractivity contribution is 0.0846. The Hall–Kier alpha value is -2.05. The van der Waals surface area contributed by atoms with Crippen LogP contribution in [0.15, 0.2) is 46.9 Å². The van der Waals surface area contributed by atoms with Crippen molar-refractivity contribution in [2.24, 2.45) is 0 Å². The summed E-state index contributed by atoms with van der Waals surface area (Å²) in [6.07, 6.45) is 0. The van der Waals surface area contributed by atoms with E-state index < -0.39 is 11.8 Å². The Labute approximate surface area is 140 Å². The van der Waals surface area contributed by atoms with Gasteiger partial charge in [0.2, 0.25) is 0 Å². The molecular weight excluding hydrogens is 372 g/mol. The topological polar surface area (TPSA) is 67.4 Å². The van der Waals surface area contributed by atoms with E-state index in [1.165, 1.54) is 13.2 Å². The number of nitrogens with one attached hydrogen (secondary N) is 2. The zero-order chi connectivity index (χ0) is 16.1. The smallest absolute Gasteiger partial charge is 0.270 e. The molecule has 114 valence electrons. The van der Waals surface area contributed by atoms with Gasteiger partial charge in [0.05, 0.1) is 12.7 Å². The third kappa shape index (κ3) is 3.99. The first-order chi connectivity index (χ1) is 10.5. The van der Waals surface area contributed by atoms with Gasteiger partial charge in [-0.15, -0.1) is 0 Å². The molecule has 2 rings (SSSR count). The van der Waals surface area contributed by atoms with E-state index in [0.29, 0.717) is 26.4 Å². The van der Waals surface area contributed by atoms with Crippen molar-refractivity contribution in [2.75, 3.05) is 7.11 Å². The Morgan fingerprint density at radius 3 is 2.50 bits per heavy atom. The van der Waals surface area contributed by atoms with Crippen molar-refractivity contribution in [1.29, 1.82) is 0 Å². The van der Waals surface area contributed by atoms with Gasteiger partial charge in [0, 0.05) is 15.1 Å². The van der Waals surface area contributed by atoms with Crippen molar-refractivity contribution in [1.82, 2.24) is 10.9 Å². The number of carbonyl (C=O) groups excluding carboxylic acids is 2. The van der Waals surface area contributed by atoms with Gasteiger partial charge in [-0.2, -0.15) is 0 Å². The highest BCUT2D eigenvalue weighted by molar-refractivity contribution is 9.10. The molecule has 2 amide bonds. The predicted octanol–water partition coefficient (Wildman–Crippen LogP) is 3.19. The molecule has 0 heterocycles. The maximum atomic E-state index is 12.1. The van der Waals surface area contributed by atoms with Gasteiger partial charge in [-0.3, -0.25) is 20.4 Å². The summed E-state index contributed by atoms with van der Waals surface area (Å²) in [5.74, 6) is -0.398. The Morgan fingerprint density at radius 1 is 1.09 bits per heavy atom. The summed E-state index contributed by atoms with van der Waals surface area (Å²) in [4.78, 5) is 24.0. The number of hydrazine groups is 1. The second-order valence-corrected chi connectivity index (χ2v) is 5.56. The maximum absolute atomic E-state index is 12.1. The second kappa shape index (κ2) is 7.29. The van der Waals surface area contributed by atoms with Crippen molar-refractivity contribution in [3.63, 3.8) is 0 Å². The van der Waals surface area contributed by atoms with Gasteiger partial charge < -0.3 is 4.74 Å². The standard InChI is InChI=1S/C15H12BrClN2O3/c1-22-11-5-6-13(16)12(8-11)15(21)19-18-14(20)9-3-2-4-10(17)7-9/h2-8H,1H3,(H,18,20)(H,19,21). The van der Waals surface area contributed by atoms with Crippen molar-refractivity contribution in [3.05, 3.63) is 63.1 Å². The SMILES string of the molecule is COc1ccc(Br)c(C(=O)NNC(=O)c2cccc(Cl)c2)c1. The van der Waals surface area contributed by atoms with Crippen LogP contribution in [0.4, 0.5) is 0 Å². The molecule has 0 aromatic heterocycles. The van der Waals surface area contributed by atoms with Crippen LogP contribution in [0.2, 0.25) is 5.02 Å². The van der Waals surface area contributed by atoms with Crippen LogP contribution in [0.5, 0.6) is 5.75 Å². The van der Waals surface area contributed by atoms with E-state index in [4.69, 9.17) is 16.3 Å². The fourth-order valence-electron chi connectivity index (χ4n) is 1.69. The largest absolute Gasteiger partial charge is 0.497 e. The molecule has 0 aliphatic heterocycles. The van der Waals surface area contributed by atoms with Crippen LogP contribution in [0.3, 0.4) is 0 Å². The number of carbonyl (C=O) groups is 2. The molecule has 7 heteroatoms. The summed E-state index contributed by atoms with van der Waals surface area (Å²) in [5, 5.41) is 0.439. The van der Waals surface area contributed by atoms with Crippen LogP contribution in [0.1, 0.15) is 20.7 Å². The van der Waals surface area contributed by atoms with E-state index in [1.54, 1.807) is 36.4 Å². The van der Waals surface area contributed by atoms with E-state index in [0.717, 1.165) is 0 Å². The minimum absolute atomic E-state index is 0.339. The summed E-state index contributed by atoms with van der Waals surface area (Å²) in [7, 11) is 1.51. The molecule has 0 saturated heterocycles. The molecule has 0 atom stereocenters. The molecule has 0 unspecified atom stereocenters. The highest BCUT2D eigenvalue weighted by Crippen LogP contribution is 2.22. The van der Waals surface area contributed by atoms with Gasteiger partial charge >= 0.3 is 0 Å². The predicted molar refractivity (Wildman–Crippen MR) is 87.1 cm³/mol. The first kappa shape index (κ1) is 16.3. The van der Waals surface area contributed by atoms with Crippen LogP contribution < -0.4 is 15.6 Å². The van der Waals surface area contributed by atoms with Crippen molar-refractivity contribution in [3.8, 4) is 5.75 Å². The van der Waals surface area contributed by atoms with Gasteiger partial charge in [0.15, 0.2) is 0 Å². The number of ether oxygens (including phenoxy) is 1. The molecular formula is C15H12BrClN2O3. The Morgan fingerprint density at radius 2 is 1.82 bits per heavy atom. The first-order valence-electron chi connectivity index (χ1n) is 6.21. The lowest BCUT2D eigenvalue weighted by Gasteiger charge is -2.10. The van der Waals surface area contributed by atoms with Gasteiger partial charge in [0.1, 0.15) is 5.75 Å². The summed E-state index contributed by atoms with van der Waals surface area (Å²) >= 11 is 9.09. The third-order valence-electron chi connectivity index (χ3n) is 2.79. The highest BCUT2D eigenvalue weighted by Gasteiger charge is 2.13. The summed E-state index contributed by atoms with van der Waals surface area (Å²) in [6, 6.07) is 11.4. The van der Waals surface area contributed by atoms with Crippen molar-refractivity contribution >= 4 is 39.3 Å². The average Bonchev–Trinajstić information content (AvgIpc) is 2.52. The molecule has 2 N–H and O–H groups in total. The Bertz CT molecular complexity index is 722. The zero-order valence-corrected chi connectivity index (χ0v) is 13.9. The van der Waals surface area contributed by atoms with E-state index >= 15 is 0 Å². The second-order valence-electron chi connectivity index (χ2n) is 4.26. The number of benzene rings is 2. The maximum Gasteiger partial charge on any atom is 0.270 e. The number of rotatable bonds is 3. The minimum atomic E-state index is -0.471. The molecule has 0 bridgehead atoms. The van der Waals surface area contributed by atoms with E-state index in [-0.39, 0.29) is 0 Å². The Kier molecular flexibility index (Phi) is 5.41. The van der Waals surface area contributed by atoms with E-state index in [2.05, 4.69) is 26.8 Å².